The van der Waals surface area contributed by atoms with Gasteiger partial charge in [-0.25, -0.2) is 0 Å². The van der Waals surface area contributed by atoms with E-state index in [0.717, 1.165) is 26.1 Å². The molecule has 0 aromatic carbocycles. The van der Waals surface area contributed by atoms with Crippen molar-refractivity contribution in [2.24, 2.45) is 0 Å². The fourth-order valence-electron chi connectivity index (χ4n) is 2.78. The molecule has 2 aliphatic heterocycles. The van der Waals surface area contributed by atoms with Crippen molar-refractivity contribution in [3.05, 3.63) is 0 Å². The Bertz CT molecular complexity index is 298. The smallest absolute Gasteiger partial charge is 0.234 e. The molecule has 0 aromatic rings. The molecule has 3 unspecified atom stereocenters. The summed E-state index contributed by atoms with van der Waals surface area (Å²) in [7, 11) is 0. The molecule has 2 aliphatic rings. The Hall–Kier alpha value is -0.650. The Labute approximate surface area is 116 Å². The maximum Gasteiger partial charge on any atom is 0.234 e. The van der Waals surface area contributed by atoms with Gasteiger partial charge >= 0.3 is 0 Å². The fraction of sp³-hybridized carbons (Fsp3) is 0.929. The number of carbonyl (C=O) groups is 1. The third-order valence-corrected chi connectivity index (χ3v) is 4.14. The molecule has 19 heavy (non-hydrogen) atoms. The maximum absolute atomic E-state index is 11.6. The number of hydrogen-bond donors (Lipinski definition) is 2. The number of fused-ring (bicyclic) bond motifs is 1. The minimum Gasteiger partial charge on any atom is -0.374 e. The summed E-state index contributed by atoms with van der Waals surface area (Å²) in [4.78, 5) is 14.1. The normalized spacial score (nSPS) is 28.9. The van der Waals surface area contributed by atoms with Crippen LogP contribution in [0.1, 0.15) is 33.1 Å². The van der Waals surface area contributed by atoms with Crippen LogP contribution in [0.3, 0.4) is 0 Å². The molecule has 0 aliphatic carbocycles. The van der Waals surface area contributed by atoms with E-state index in [-0.39, 0.29) is 18.1 Å². The highest BCUT2D eigenvalue weighted by atomic mass is 16.5. The van der Waals surface area contributed by atoms with Crippen LogP contribution in [0.4, 0.5) is 0 Å². The second-order valence-electron chi connectivity index (χ2n) is 5.75. The molecule has 5 heteroatoms. The van der Waals surface area contributed by atoms with E-state index in [2.05, 4.69) is 22.5 Å². The number of amides is 1. The average Bonchev–Trinajstić information content (AvgIpc) is 2.86. The first-order valence-corrected chi connectivity index (χ1v) is 7.54. The van der Waals surface area contributed by atoms with Crippen LogP contribution in [0, 0.1) is 0 Å². The molecule has 3 atom stereocenters. The number of hydrogen-bond acceptors (Lipinski definition) is 4. The molecule has 2 fully saturated rings. The molecule has 2 heterocycles. The highest BCUT2D eigenvalue weighted by Gasteiger charge is 2.31. The van der Waals surface area contributed by atoms with E-state index in [1.165, 1.54) is 19.4 Å². The summed E-state index contributed by atoms with van der Waals surface area (Å²) in [6.45, 7) is 8.30. The van der Waals surface area contributed by atoms with Crippen LogP contribution in [-0.4, -0.2) is 61.8 Å². The average molecular weight is 269 g/mol. The van der Waals surface area contributed by atoms with Gasteiger partial charge in [0.25, 0.3) is 0 Å². The maximum atomic E-state index is 11.6. The standard InChI is InChI=1S/C14H27N3O2/c1-3-11(2)16-14(18)8-15-7-13-9-17-6-4-5-12(17)10-19-13/h11-13,15H,3-10H2,1-2H3,(H,16,18). The second kappa shape index (κ2) is 7.22. The first kappa shape index (κ1) is 14.8. The third kappa shape index (κ3) is 4.44. The lowest BCUT2D eigenvalue weighted by Gasteiger charge is -2.35. The van der Waals surface area contributed by atoms with Crippen molar-refractivity contribution < 1.29 is 9.53 Å². The van der Waals surface area contributed by atoms with Crippen molar-refractivity contribution in [3.8, 4) is 0 Å². The Morgan fingerprint density at radius 3 is 3.16 bits per heavy atom. The van der Waals surface area contributed by atoms with E-state index in [1.54, 1.807) is 0 Å². The monoisotopic (exact) mass is 269 g/mol. The molecule has 5 nitrogen and oxygen atoms in total. The fourth-order valence-corrected chi connectivity index (χ4v) is 2.78. The topological polar surface area (TPSA) is 53.6 Å². The summed E-state index contributed by atoms with van der Waals surface area (Å²) in [5, 5.41) is 6.15. The van der Waals surface area contributed by atoms with Crippen LogP contribution in [0.5, 0.6) is 0 Å². The molecule has 1 amide bonds. The SMILES string of the molecule is CCC(C)NC(=O)CNCC1CN2CCCC2CO1. The van der Waals surface area contributed by atoms with E-state index >= 15 is 0 Å². The molecular formula is C14H27N3O2. The van der Waals surface area contributed by atoms with Crippen molar-refractivity contribution in [2.45, 2.75) is 51.3 Å². The molecule has 2 N–H and O–H groups in total. The largest absolute Gasteiger partial charge is 0.374 e. The zero-order chi connectivity index (χ0) is 13.7. The quantitative estimate of drug-likeness (QED) is 0.731. The highest BCUT2D eigenvalue weighted by Crippen LogP contribution is 2.22. The Morgan fingerprint density at radius 2 is 2.37 bits per heavy atom. The van der Waals surface area contributed by atoms with E-state index in [4.69, 9.17) is 4.74 Å². The predicted molar refractivity (Wildman–Crippen MR) is 75.1 cm³/mol. The third-order valence-electron chi connectivity index (χ3n) is 4.14. The lowest BCUT2D eigenvalue weighted by atomic mass is 10.2. The van der Waals surface area contributed by atoms with Crippen molar-refractivity contribution in [1.29, 1.82) is 0 Å². The Morgan fingerprint density at radius 1 is 1.53 bits per heavy atom. The van der Waals surface area contributed by atoms with Gasteiger partial charge in [-0.3, -0.25) is 9.69 Å². The summed E-state index contributed by atoms with van der Waals surface area (Å²) in [6, 6.07) is 0.899. The molecule has 2 rings (SSSR count). The molecule has 0 aromatic heterocycles. The van der Waals surface area contributed by atoms with Crippen LogP contribution < -0.4 is 10.6 Å². The van der Waals surface area contributed by atoms with Crippen molar-refractivity contribution in [2.75, 3.05) is 32.8 Å². The van der Waals surface area contributed by atoms with Crippen LogP contribution in [-0.2, 0) is 9.53 Å². The van der Waals surface area contributed by atoms with Crippen LogP contribution >= 0.6 is 0 Å². The number of morpholine rings is 1. The zero-order valence-corrected chi connectivity index (χ0v) is 12.2. The van der Waals surface area contributed by atoms with Gasteiger partial charge in [0.1, 0.15) is 0 Å². The summed E-state index contributed by atoms with van der Waals surface area (Å²) in [5.41, 5.74) is 0. The zero-order valence-electron chi connectivity index (χ0n) is 12.2. The van der Waals surface area contributed by atoms with E-state index < -0.39 is 0 Å². The van der Waals surface area contributed by atoms with Crippen LogP contribution in [0.25, 0.3) is 0 Å². The van der Waals surface area contributed by atoms with Gasteiger partial charge in [-0.1, -0.05) is 6.92 Å². The van der Waals surface area contributed by atoms with Crippen molar-refractivity contribution >= 4 is 5.91 Å². The number of carbonyl (C=O) groups excluding carboxylic acids is 1. The molecule has 0 bridgehead atoms. The molecule has 2 saturated heterocycles. The van der Waals surface area contributed by atoms with Gasteiger partial charge < -0.3 is 15.4 Å². The Kier molecular flexibility index (Phi) is 5.60. The molecule has 0 saturated carbocycles. The molecule has 0 spiro atoms. The number of nitrogens with one attached hydrogen (secondary N) is 2. The van der Waals surface area contributed by atoms with Crippen LogP contribution in [0.2, 0.25) is 0 Å². The molecule has 0 radical (unpaired) electrons. The van der Waals surface area contributed by atoms with E-state index in [0.29, 0.717) is 12.6 Å². The first-order chi connectivity index (χ1) is 9.19. The molecule has 110 valence electrons. The van der Waals surface area contributed by atoms with E-state index in [9.17, 15) is 4.79 Å². The first-order valence-electron chi connectivity index (χ1n) is 7.54. The van der Waals surface area contributed by atoms with Gasteiger partial charge in [-0.2, -0.15) is 0 Å². The summed E-state index contributed by atoms with van der Waals surface area (Å²) >= 11 is 0. The number of nitrogens with zero attached hydrogens (tertiary/aromatic N) is 1. The van der Waals surface area contributed by atoms with Gasteiger partial charge in [-0.15, -0.1) is 0 Å². The minimum atomic E-state index is 0.0733. The predicted octanol–water partition coefficient (Wildman–Crippen LogP) is 0.354. The number of rotatable bonds is 6. The van der Waals surface area contributed by atoms with Gasteiger partial charge in [0, 0.05) is 25.2 Å². The number of ether oxygens (including phenoxy) is 1. The lowest BCUT2D eigenvalue weighted by Crippen LogP contribution is -2.50. The van der Waals surface area contributed by atoms with Crippen molar-refractivity contribution in [3.63, 3.8) is 0 Å². The second-order valence-corrected chi connectivity index (χ2v) is 5.75. The van der Waals surface area contributed by atoms with Gasteiger partial charge in [0.05, 0.1) is 19.3 Å². The Balaban J connectivity index is 1.59. The summed E-state index contributed by atoms with van der Waals surface area (Å²) in [6.07, 6.45) is 3.77. The minimum absolute atomic E-state index is 0.0733. The lowest BCUT2D eigenvalue weighted by molar-refractivity contribution is -0.121. The molecular weight excluding hydrogens is 242 g/mol. The highest BCUT2D eigenvalue weighted by molar-refractivity contribution is 5.78. The van der Waals surface area contributed by atoms with Gasteiger partial charge in [0.15, 0.2) is 0 Å². The van der Waals surface area contributed by atoms with Gasteiger partial charge in [-0.05, 0) is 32.7 Å². The van der Waals surface area contributed by atoms with Crippen molar-refractivity contribution in [1.82, 2.24) is 15.5 Å². The summed E-state index contributed by atoms with van der Waals surface area (Å²) < 4.78 is 5.84. The van der Waals surface area contributed by atoms with Gasteiger partial charge in [0.2, 0.25) is 5.91 Å². The van der Waals surface area contributed by atoms with E-state index in [1.807, 2.05) is 6.92 Å². The summed E-state index contributed by atoms with van der Waals surface area (Å²) in [5.74, 6) is 0.0733. The van der Waals surface area contributed by atoms with Crippen LogP contribution in [0.15, 0.2) is 0 Å².